The summed E-state index contributed by atoms with van der Waals surface area (Å²) in [7, 11) is 1.88. The zero-order valence-electron chi connectivity index (χ0n) is 8.94. The molecule has 0 fully saturated rings. The third kappa shape index (κ3) is 2.51. The van der Waals surface area contributed by atoms with Crippen LogP contribution < -0.4 is 11.1 Å². The first-order chi connectivity index (χ1) is 6.65. The van der Waals surface area contributed by atoms with Crippen LogP contribution >= 0.6 is 0 Å². The van der Waals surface area contributed by atoms with Crippen LogP contribution in [0.2, 0.25) is 0 Å². The zero-order chi connectivity index (χ0) is 10.6. The molecule has 0 heterocycles. The average molecular weight is 188 g/mol. The molecule has 0 unspecified atom stereocenters. The van der Waals surface area contributed by atoms with Crippen molar-refractivity contribution in [2.45, 2.75) is 13.8 Å². The predicted octanol–water partition coefficient (Wildman–Crippen LogP) is 1.46. The second-order valence-electron chi connectivity index (χ2n) is 3.36. The van der Waals surface area contributed by atoms with Crippen molar-refractivity contribution < 1.29 is 0 Å². The maximum absolute atomic E-state index is 5.78. The Morgan fingerprint density at radius 3 is 2.64 bits per heavy atom. The molecule has 0 atom stereocenters. The van der Waals surface area contributed by atoms with E-state index >= 15 is 0 Å². The highest BCUT2D eigenvalue weighted by molar-refractivity contribution is 5.55. The Morgan fingerprint density at radius 1 is 1.29 bits per heavy atom. The molecule has 0 aromatic heterocycles. The third-order valence-electron chi connectivity index (χ3n) is 2.10. The van der Waals surface area contributed by atoms with Gasteiger partial charge in [0.2, 0.25) is 0 Å². The van der Waals surface area contributed by atoms with E-state index in [1.165, 1.54) is 0 Å². The van der Waals surface area contributed by atoms with E-state index in [1.54, 1.807) is 0 Å². The molecule has 1 rings (SSSR count). The van der Waals surface area contributed by atoms with Gasteiger partial charge in [0.25, 0.3) is 0 Å². The summed E-state index contributed by atoms with van der Waals surface area (Å²) in [5, 5.41) is 2.99. The molecule has 2 heteroatoms. The molecule has 0 aliphatic heterocycles. The SMILES string of the molecule is CNCC#Cc1cc(C)c(N)cc1C. The van der Waals surface area contributed by atoms with E-state index < -0.39 is 0 Å². The van der Waals surface area contributed by atoms with Gasteiger partial charge in [-0.05, 0) is 44.2 Å². The molecule has 0 saturated carbocycles. The summed E-state index contributed by atoms with van der Waals surface area (Å²) < 4.78 is 0. The van der Waals surface area contributed by atoms with E-state index in [1.807, 2.05) is 33.0 Å². The lowest BCUT2D eigenvalue weighted by molar-refractivity contribution is 0.938. The lowest BCUT2D eigenvalue weighted by atomic mass is 10.0. The highest BCUT2D eigenvalue weighted by Gasteiger charge is 1.98. The van der Waals surface area contributed by atoms with Crippen LogP contribution in [-0.4, -0.2) is 13.6 Å². The third-order valence-corrected chi connectivity index (χ3v) is 2.10. The molecule has 1 aromatic carbocycles. The van der Waals surface area contributed by atoms with Gasteiger partial charge >= 0.3 is 0 Å². The van der Waals surface area contributed by atoms with Crippen molar-refractivity contribution in [3.63, 3.8) is 0 Å². The van der Waals surface area contributed by atoms with Crippen LogP contribution in [-0.2, 0) is 0 Å². The first kappa shape index (κ1) is 10.6. The minimum absolute atomic E-state index is 0.711. The fourth-order valence-corrected chi connectivity index (χ4v) is 1.20. The van der Waals surface area contributed by atoms with Crippen LogP contribution in [0, 0.1) is 25.7 Å². The van der Waals surface area contributed by atoms with E-state index in [-0.39, 0.29) is 0 Å². The summed E-state index contributed by atoms with van der Waals surface area (Å²) in [6, 6.07) is 4.01. The standard InChI is InChI=1S/C12H16N2/c1-9-8-12(13)10(2)7-11(9)5-4-6-14-3/h7-8,14H,6,13H2,1-3H3. The van der Waals surface area contributed by atoms with Crippen LogP contribution in [0.5, 0.6) is 0 Å². The number of nitrogens with two attached hydrogens (primary N) is 1. The van der Waals surface area contributed by atoms with Crippen molar-refractivity contribution in [1.82, 2.24) is 5.32 Å². The minimum Gasteiger partial charge on any atom is -0.399 e. The molecule has 0 bridgehead atoms. The van der Waals surface area contributed by atoms with Gasteiger partial charge in [-0.1, -0.05) is 11.8 Å². The molecule has 0 aliphatic rings. The quantitative estimate of drug-likeness (QED) is 0.517. The average Bonchev–Trinajstić information content (AvgIpc) is 2.14. The van der Waals surface area contributed by atoms with Gasteiger partial charge in [0, 0.05) is 11.3 Å². The Hall–Kier alpha value is -1.46. The molecule has 2 nitrogen and oxygen atoms in total. The molecule has 74 valence electrons. The van der Waals surface area contributed by atoms with Crippen LogP contribution in [0.25, 0.3) is 0 Å². The Kier molecular flexibility index (Phi) is 3.55. The topological polar surface area (TPSA) is 38.0 Å². The molecule has 0 spiro atoms. The van der Waals surface area contributed by atoms with Gasteiger partial charge in [-0.3, -0.25) is 0 Å². The van der Waals surface area contributed by atoms with Crippen LogP contribution in [0.3, 0.4) is 0 Å². The summed E-state index contributed by atoms with van der Waals surface area (Å²) in [4.78, 5) is 0. The molecule has 14 heavy (non-hydrogen) atoms. The van der Waals surface area contributed by atoms with Gasteiger partial charge in [-0.25, -0.2) is 0 Å². The maximum atomic E-state index is 5.78. The largest absolute Gasteiger partial charge is 0.399 e. The van der Waals surface area contributed by atoms with Crippen molar-refractivity contribution in [2.75, 3.05) is 19.3 Å². The summed E-state index contributed by atoms with van der Waals surface area (Å²) in [6.07, 6.45) is 0. The van der Waals surface area contributed by atoms with E-state index in [2.05, 4.69) is 17.2 Å². The van der Waals surface area contributed by atoms with Crippen LogP contribution in [0.15, 0.2) is 12.1 Å². The highest BCUT2D eigenvalue weighted by atomic mass is 14.8. The number of hydrogen-bond donors (Lipinski definition) is 2. The molecule has 1 aromatic rings. The predicted molar refractivity (Wildman–Crippen MR) is 61.1 cm³/mol. The van der Waals surface area contributed by atoms with E-state index in [4.69, 9.17) is 5.73 Å². The van der Waals surface area contributed by atoms with Gasteiger partial charge in [-0.2, -0.15) is 0 Å². The fraction of sp³-hybridized carbons (Fsp3) is 0.333. The van der Waals surface area contributed by atoms with Crippen LogP contribution in [0.1, 0.15) is 16.7 Å². The molecule has 0 aliphatic carbocycles. The van der Waals surface area contributed by atoms with Gasteiger partial charge in [0.05, 0.1) is 6.54 Å². The van der Waals surface area contributed by atoms with Crippen molar-refractivity contribution in [2.24, 2.45) is 0 Å². The molecule has 0 radical (unpaired) electrons. The Bertz CT molecular complexity index is 383. The van der Waals surface area contributed by atoms with Gasteiger partial charge < -0.3 is 11.1 Å². The molecular formula is C12H16N2. The number of rotatable bonds is 1. The molecule has 3 N–H and O–H groups in total. The van der Waals surface area contributed by atoms with E-state index in [0.29, 0.717) is 6.54 Å². The Morgan fingerprint density at radius 2 is 2.00 bits per heavy atom. The Labute approximate surface area is 85.5 Å². The number of benzene rings is 1. The molecule has 0 amide bonds. The van der Waals surface area contributed by atoms with E-state index in [0.717, 1.165) is 22.4 Å². The Balaban J connectivity index is 3.00. The first-order valence-electron chi connectivity index (χ1n) is 4.65. The molecule has 0 saturated heterocycles. The van der Waals surface area contributed by atoms with Crippen molar-refractivity contribution in [3.05, 3.63) is 28.8 Å². The lowest BCUT2D eigenvalue weighted by Gasteiger charge is -2.03. The maximum Gasteiger partial charge on any atom is 0.0577 e. The summed E-state index contributed by atoms with van der Waals surface area (Å²) >= 11 is 0. The monoisotopic (exact) mass is 188 g/mol. The number of aryl methyl sites for hydroxylation is 2. The fourth-order valence-electron chi connectivity index (χ4n) is 1.20. The van der Waals surface area contributed by atoms with Gasteiger partial charge in [-0.15, -0.1) is 0 Å². The summed E-state index contributed by atoms with van der Waals surface area (Å²) in [5.41, 5.74) is 9.90. The number of nitrogens with one attached hydrogen (secondary N) is 1. The highest BCUT2D eigenvalue weighted by Crippen LogP contribution is 2.16. The number of nitrogen functional groups attached to an aromatic ring is 1. The normalized spacial score (nSPS) is 9.36. The zero-order valence-corrected chi connectivity index (χ0v) is 8.94. The molecular weight excluding hydrogens is 172 g/mol. The number of anilines is 1. The van der Waals surface area contributed by atoms with Crippen LogP contribution in [0.4, 0.5) is 5.69 Å². The van der Waals surface area contributed by atoms with Crippen molar-refractivity contribution in [3.8, 4) is 11.8 Å². The lowest BCUT2D eigenvalue weighted by Crippen LogP contribution is -2.04. The van der Waals surface area contributed by atoms with E-state index in [9.17, 15) is 0 Å². The smallest absolute Gasteiger partial charge is 0.0577 e. The summed E-state index contributed by atoms with van der Waals surface area (Å²) in [6.45, 7) is 4.74. The summed E-state index contributed by atoms with van der Waals surface area (Å²) in [5.74, 6) is 6.15. The van der Waals surface area contributed by atoms with Crippen molar-refractivity contribution in [1.29, 1.82) is 0 Å². The number of hydrogen-bond acceptors (Lipinski definition) is 2. The second-order valence-corrected chi connectivity index (χ2v) is 3.36. The van der Waals surface area contributed by atoms with Gasteiger partial charge in [0.15, 0.2) is 0 Å². The first-order valence-corrected chi connectivity index (χ1v) is 4.65. The second kappa shape index (κ2) is 4.69. The van der Waals surface area contributed by atoms with Gasteiger partial charge in [0.1, 0.15) is 0 Å². The van der Waals surface area contributed by atoms with Crippen molar-refractivity contribution >= 4 is 5.69 Å². The minimum atomic E-state index is 0.711.